The largest absolute Gasteiger partial charge is 0.451 e. The van der Waals surface area contributed by atoms with Crippen molar-refractivity contribution in [3.63, 3.8) is 0 Å². The Morgan fingerprint density at radius 1 is 1.40 bits per heavy atom. The highest BCUT2D eigenvalue weighted by Crippen LogP contribution is 2.30. The van der Waals surface area contributed by atoms with E-state index in [0.29, 0.717) is 18.8 Å². The lowest BCUT2D eigenvalue weighted by atomic mass is 10.00. The first-order valence-corrected chi connectivity index (χ1v) is 4.71. The molecule has 1 aromatic rings. The minimum Gasteiger partial charge on any atom is -0.330 e. The maximum atomic E-state index is 12.5. The molecule has 0 bridgehead atoms. The van der Waals surface area contributed by atoms with Gasteiger partial charge in [0.25, 0.3) is 0 Å². The lowest BCUT2D eigenvalue weighted by Crippen LogP contribution is -2.29. The Balaban J connectivity index is 2.34. The highest BCUT2D eigenvalue weighted by Gasteiger charge is 2.39. The van der Waals surface area contributed by atoms with Gasteiger partial charge in [-0.2, -0.15) is 13.2 Å². The molecule has 7 heteroatoms. The van der Waals surface area contributed by atoms with Crippen molar-refractivity contribution in [3.8, 4) is 0 Å². The number of alkyl halides is 3. The van der Waals surface area contributed by atoms with E-state index in [1.165, 1.54) is 0 Å². The molecule has 2 heterocycles. The number of fused-ring (bicyclic) bond motifs is 1. The van der Waals surface area contributed by atoms with Crippen molar-refractivity contribution in [2.75, 3.05) is 6.54 Å². The van der Waals surface area contributed by atoms with Crippen molar-refractivity contribution in [1.82, 2.24) is 14.8 Å². The molecule has 2 N–H and O–H groups in total. The third kappa shape index (κ3) is 1.83. The van der Waals surface area contributed by atoms with Gasteiger partial charge in [0.05, 0.1) is 0 Å². The zero-order chi connectivity index (χ0) is 11.1. The normalized spacial score (nSPS) is 21.5. The molecule has 0 aliphatic carbocycles. The van der Waals surface area contributed by atoms with Crippen LogP contribution in [0.4, 0.5) is 13.2 Å². The Morgan fingerprint density at radius 2 is 2.13 bits per heavy atom. The third-order valence-corrected chi connectivity index (χ3v) is 2.63. The number of hydrogen-bond acceptors (Lipinski definition) is 3. The summed E-state index contributed by atoms with van der Waals surface area (Å²) in [6.07, 6.45) is -3.13. The molecule has 0 aromatic carbocycles. The average molecular weight is 220 g/mol. The molecule has 15 heavy (non-hydrogen) atoms. The molecule has 4 nitrogen and oxygen atoms in total. The molecule has 1 aliphatic heterocycles. The van der Waals surface area contributed by atoms with Gasteiger partial charge < -0.3 is 10.3 Å². The highest BCUT2D eigenvalue weighted by atomic mass is 19.4. The van der Waals surface area contributed by atoms with E-state index in [1.54, 1.807) is 0 Å². The fourth-order valence-corrected chi connectivity index (χ4v) is 1.80. The van der Waals surface area contributed by atoms with Gasteiger partial charge in [-0.05, 0) is 18.9 Å². The second-order valence-electron chi connectivity index (χ2n) is 3.69. The van der Waals surface area contributed by atoms with Gasteiger partial charge in [-0.1, -0.05) is 0 Å². The van der Waals surface area contributed by atoms with Crippen molar-refractivity contribution in [3.05, 3.63) is 11.6 Å². The second-order valence-corrected chi connectivity index (χ2v) is 3.69. The zero-order valence-corrected chi connectivity index (χ0v) is 7.96. The molecule has 0 saturated carbocycles. The summed E-state index contributed by atoms with van der Waals surface area (Å²) in [5.41, 5.74) is 5.45. The van der Waals surface area contributed by atoms with Crippen LogP contribution in [0, 0.1) is 5.92 Å². The molecule has 1 atom stereocenters. The van der Waals surface area contributed by atoms with Crippen LogP contribution in [0.1, 0.15) is 18.1 Å². The molecule has 1 aliphatic rings. The maximum Gasteiger partial charge on any atom is 0.451 e. The van der Waals surface area contributed by atoms with Crippen molar-refractivity contribution in [2.45, 2.75) is 25.6 Å². The summed E-state index contributed by atoms with van der Waals surface area (Å²) in [4.78, 5) is 0. The van der Waals surface area contributed by atoms with Gasteiger partial charge in [0.2, 0.25) is 5.82 Å². The summed E-state index contributed by atoms with van der Waals surface area (Å²) in [6.45, 7) is 0.669. The van der Waals surface area contributed by atoms with E-state index in [1.807, 2.05) is 0 Å². The molecule has 0 saturated heterocycles. The SMILES string of the molecule is NCC1CCc2nnc(C(F)(F)F)n2C1. The molecule has 1 unspecified atom stereocenters. The zero-order valence-electron chi connectivity index (χ0n) is 7.96. The van der Waals surface area contributed by atoms with Crippen LogP contribution in [-0.4, -0.2) is 21.3 Å². The number of aryl methyl sites for hydroxylation is 1. The topological polar surface area (TPSA) is 56.7 Å². The Hall–Kier alpha value is -1.11. The fraction of sp³-hybridized carbons (Fsp3) is 0.750. The maximum absolute atomic E-state index is 12.5. The molecule has 0 amide bonds. The first-order chi connectivity index (χ1) is 7.02. The van der Waals surface area contributed by atoms with Crippen LogP contribution in [0.5, 0.6) is 0 Å². The van der Waals surface area contributed by atoms with Crippen molar-refractivity contribution in [2.24, 2.45) is 11.7 Å². The number of aromatic nitrogens is 3. The summed E-state index contributed by atoms with van der Waals surface area (Å²) in [5.74, 6) is -0.405. The molecule has 1 aromatic heterocycles. The van der Waals surface area contributed by atoms with Gasteiger partial charge in [0.1, 0.15) is 5.82 Å². The predicted octanol–water partition coefficient (Wildman–Crippen LogP) is 0.818. The number of hydrogen-bond donors (Lipinski definition) is 1. The predicted molar refractivity (Wildman–Crippen MR) is 45.9 cm³/mol. The van der Waals surface area contributed by atoms with Crippen LogP contribution in [0.2, 0.25) is 0 Å². The minimum atomic E-state index is -4.43. The van der Waals surface area contributed by atoms with E-state index in [2.05, 4.69) is 10.2 Å². The molecule has 0 radical (unpaired) electrons. The van der Waals surface area contributed by atoms with Gasteiger partial charge in [0, 0.05) is 13.0 Å². The summed E-state index contributed by atoms with van der Waals surface area (Å²) in [7, 11) is 0. The number of nitrogens with two attached hydrogens (primary N) is 1. The Bertz CT molecular complexity index is 357. The second kappa shape index (κ2) is 3.48. The van der Waals surface area contributed by atoms with E-state index in [9.17, 15) is 13.2 Å². The standard InChI is InChI=1S/C8H11F3N4/c9-8(10,11)7-14-13-6-2-1-5(3-12)4-15(6)7/h5H,1-4,12H2. The van der Waals surface area contributed by atoms with Crippen molar-refractivity contribution in [1.29, 1.82) is 0 Å². The van der Waals surface area contributed by atoms with E-state index in [4.69, 9.17) is 5.73 Å². The molecular weight excluding hydrogens is 209 g/mol. The van der Waals surface area contributed by atoms with E-state index in [-0.39, 0.29) is 12.5 Å². The first kappa shape index (κ1) is 10.4. The average Bonchev–Trinajstić information content (AvgIpc) is 2.59. The minimum absolute atomic E-state index is 0.0922. The number of halogens is 3. The summed E-state index contributed by atoms with van der Waals surface area (Å²) in [5, 5.41) is 6.73. The monoisotopic (exact) mass is 220 g/mol. The molecule has 2 rings (SSSR count). The Labute approximate surface area is 84.3 Å². The van der Waals surface area contributed by atoms with E-state index >= 15 is 0 Å². The highest BCUT2D eigenvalue weighted by molar-refractivity contribution is 5.03. The lowest BCUT2D eigenvalue weighted by molar-refractivity contribution is -0.148. The summed E-state index contributed by atoms with van der Waals surface area (Å²) in [6, 6.07) is 0. The van der Waals surface area contributed by atoms with Crippen molar-refractivity contribution >= 4 is 0 Å². The smallest absolute Gasteiger partial charge is 0.330 e. The number of rotatable bonds is 1. The van der Waals surface area contributed by atoms with Gasteiger partial charge in [-0.3, -0.25) is 0 Å². The third-order valence-electron chi connectivity index (χ3n) is 2.63. The first-order valence-electron chi connectivity index (χ1n) is 4.71. The Kier molecular flexibility index (Phi) is 2.41. The van der Waals surface area contributed by atoms with Crippen LogP contribution in [0.3, 0.4) is 0 Å². The molecule has 84 valence electrons. The van der Waals surface area contributed by atoms with Gasteiger partial charge in [-0.15, -0.1) is 10.2 Å². The lowest BCUT2D eigenvalue weighted by Gasteiger charge is -2.23. The fourth-order valence-electron chi connectivity index (χ4n) is 1.80. The quantitative estimate of drug-likeness (QED) is 0.762. The molecular formula is C8H11F3N4. The van der Waals surface area contributed by atoms with Crippen LogP contribution >= 0.6 is 0 Å². The molecule has 0 spiro atoms. The number of nitrogens with zero attached hydrogens (tertiary/aromatic N) is 3. The van der Waals surface area contributed by atoms with Crippen LogP contribution in [0.15, 0.2) is 0 Å². The summed E-state index contributed by atoms with van der Waals surface area (Å²) < 4.78 is 38.6. The van der Waals surface area contributed by atoms with E-state index < -0.39 is 12.0 Å². The van der Waals surface area contributed by atoms with Crippen molar-refractivity contribution < 1.29 is 13.2 Å². The van der Waals surface area contributed by atoms with Crippen LogP contribution in [-0.2, 0) is 19.1 Å². The Morgan fingerprint density at radius 3 is 2.73 bits per heavy atom. The van der Waals surface area contributed by atoms with Gasteiger partial charge in [0.15, 0.2) is 0 Å². The van der Waals surface area contributed by atoms with Crippen LogP contribution < -0.4 is 5.73 Å². The van der Waals surface area contributed by atoms with Gasteiger partial charge in [-0.25, -0.2) is 0 Å². The van der Waals surface area contributed by atoms with Crippen LogP contribution in [0.25, 0.3) is 0 Å². The van der Waals surface area contributed by atoms with E-state index in [0.717, 1.165) is 11.0 Å². The summed E-state index contributed by atoms with van der Waals surface area (Å²) >= 11 is 0. The molecule has 0 fully saturated rings. The van der Waals surface area contributed by atoms with Gasteiger partial charge >= 0.3 is 6.18 Å².